The maximum absolute atomic E-state index is 12.6. The number of aromatic nitrogens is 2. The zero-order valence-electron chi connectivity index (χ0n) is 15.5. The van der Waals surface area contributed by atoms with Crippen molar-refractivity contribution in [1.82, 2.24) is 15.5 Å². The second-order valence-corrected chi connectivity index (χ2v) is 10.1. The number of rotatable bonds is 6. The molecule has 8 nitrogen and oxygen atoms in total. The molecule has 2 N–H and O–H groups in total. The lowest BCUT2D eigenvalue weighted by Gasteiger charge is -2.16. The molecule has 0 saturated carbocycles. The molecule has 152 valence electrons. The third-order valence-electron chi connectivity index (χ3n) is 3.61. The molecule has 1 aliphatic heterocycles. The molecule has 1 aromatic heterocycles. The van der Waals surface area contributed by atoms with Gasteiger partial charge in [0.25, 0.3) is 0 Å². The summed E-state index contributed by atoms with van der Waals surface area (Å²) in [7, 11) is 0. The minimum absolute atomic E-state index is 0.165. The topological polar surface area (TPSA) is 109 Å². The van der Waals surface area contributed by atoms with Gasteiger partial charge in [-0.3, -0.25) is 9.59 Å². The number of nitrogens with zero attached hydrogens (tertiary/aromatic N) is 4. The molecular formula is C17H17BrN6O2S3. The van der Waals surface area contributed by atoms with E-state index in [0.29, 0.717) is 26.8 Å². The molecule has 1 aliphatic rings. The lowest BCUT2D eigenvalue weighted by atomic mass is 10.1. The van der Waals surface area contributed by atoms with Crippen molar-refractivity contribution in [2.45, 2.75) is 29.9 Å². The molecule has 3 rings (SSSR count). The Kier molecular flexibility index (Phi) is 7.81. The van der Waals surface area contributed by atoms with Crippen molar-refractivity contribution in [3.63, 3.8) is 0 Å². The lowest BCUT2D eigenvalue weighted by Crippen LogP contribution is -2.36. The summed E-state index contributed by atoms with van der Waals surface area (Å²) in [5.74, 6) is 0.251. The van der Waals surface area contributed by atoms with Crippen LogP contribution in [0.3, 0.4) is 0 Å². The van der Waals surface area contributed by atoms with E-state index < -0.39 is 0 Å². The zero-order chi connectivity index (χ0) is 20.8. The molecular weight excluding hydrogens is 496 g/mol. The number of thioether (sulfide) groups is 2. The molecule has 0 unspecified atom stereocenters. The van der Waals surface area contributed by atoms with E-state index in [4.69, 9.17) is 0 Å². The van der Waals surface area contributed by atoms with E-state index in [1.54, 1.807) is 0 Å². The molecule has 2 amide bonds. The van der Waals surface area contributed by atoms with Gasteiger partial charge in [-0.2, -0.15) is 5.10 Å². The lowest BCUT2D eigenvalue weighted by molar-refractivity contribution is -0.119. The van der Waals surface area contributed by atoms with Crippen molar-refractivity contribution >= 4 is 78.6 Å². The molecule has 1 atom stereocenters. The van der Waals surface area contributed by atoms with Crippen molar-refractivity contribution in [2.75, 3.05) is 11.1 Å². The van der Waals surface area contributed by atoms with Crippen molar-refractivity contribution in [1.29, 1.82) is 0 Å². The van der Waals surface area contributed by atoms with E-state index in [2.05, 4.69) is 47.0 Å². The summed E-state index contributed by atoms with van der Waals surface area (Å²) in [6, 6.07) is 7.86. The number of hydrogen-bond acceptors (Lipinski definition) is 9. The molecule has 0 spiro atoms. The minimum Gasteiger partial charge on any atom is -0.303 e. The number of carbonyl (C=O) groups excluding carboxylic acids is 2. The average molecular weight is 513 g/mol. The van der Waals surface area contributed by atoms with Gasteiger partial charge in [0.15, 0.2) is 9.51 Å². The summed E-state index contributed by atoms with van der Waals surface area (Å²) in [5.41, 5.74) is 1.87. The maximum atomic E-state index is 12.6. The van der Waals surface area contributed by atoms with Crippen LogP contribution in [0.1, 0.15) is 25.8 Å². The van der Waals surface area contributed by atoms with E-state index in [9.17, 15) is 9.59 Å². The molecule has 12 heteroatoms. The summed E-state index contributed by atoms with van der Waals surface area (Å²) >= 11 is 7.40. The molecule has 2 aromatic rings. The number of carbonyl (C=O) groups is 2. The van der Waals surface area contributed by atoms with Crippen LogP contribution >= 0.6 is 50.8 Å². The number of hydrogen-bond donors (Lipinski definition) is 2. The standard InChI is InChI=1S/C17H17BrN6O2S3/c1-3-13(28-17-24-23-16(29-17)19-9(2)25)14(26)20-15-22-21-12(8-27-15)10-4-6-11(18)7-5-10/h4-7,13H,3,8H2,1-2H3,(H,19,23,25)(H,20,22,26)/t13-/m0/s1. The molecule has 1 aromatic carbocycles. The Morgan fingerprint density at radius 3 is 2.59 bits per heavy atom. The predicted molar refractivity (Wildman–Crippen MR) is 123 cm³/mol. The minimum atomic E-state index is -0.353. The van der Waals surface area contributed by atoms with Crippen LogP contribution in [-0.4, -0.2) is 43.9 Å². The Bertz CT molecular complexity index is 960. The maximum Gasteiger partial charge on any atom is 0.239 e. The second kappa shape index (κ2) is 10.3. The van der Waals surface area contributed by atoms with Gasteiger partial charge in [-0.1, -0.05) is 69.8 Å². The van der Waals surface area contributed by atoms with Crippen LogP contribution < -0.4 is 10.6 Å². The van der Waals surface area contributed by atoms with Crippen LogP contribution in [0, 0.1) is 0 Å². The van der Waals surface area contributed by atoms with Gasteiger partial charge in [-0.15, -0.1) is 15.3 Å². The fourth-order valence-electron chi connectivity index (χ4n) is 2.23. The first kappa shape index (κ1) is 21.9. The van der Waals surface area contributed by atoms with E-state index in [-0.39, 0.29) is 17.1 Å². The molecule has 0 fully saturated rings. The summed E-state index contributed by atoms with van der Waals surface area (Å²) in [5, 5.41) is 22.3. The normalized spacial score (nSPS) is 14.6. The van der Waals surface area contributed by atoms with Crippen LogP contribution in [0.15, 0.2) is 43.3 Å². The highest BCUT2D eigenvalue weighted by atomic mass is 79.9. The van der Waals surface area contributed by atoms with Gasteiger partial charge >= 0.3 is 0 Å². The van der Waals surface area contributed by atoms with Crippen molar-refractivity contribution in [2.24, 2.45) is 10.2 Å². The van der Waals surface area contributed by atoms with E-state index in [0.717, 1.165) is 15.7 Å². The molecule has 0 aliphatic carbocycles. The Balaban J connectivity index is 1.60. The van der Waals surface area contributed by atoms with Crippen LogP contribution in [0.5, 0.6) is 0 Å². The highest BCUT2D eigenvalue weighted by Crippen LogP contribution is 2.30. The van der Waals surface area contributed by atoms with E-state index >= 15 is 0 Å². The van der Waals surface area contributed by atoms with E-state index in [1.807, 2.05) is 31.2 Å². The first-order valence-corrected chi connectivity index (χ1v) is 12.0. The van der Waals surface area contributed by atoms with Gasteiger partial charge in [-0.25, -0.2) is 0 Å². The smallest absolute Gasteiger partial charge is 0.239 e. The SMILES string of the molecule is CC[C@H](Sc1nnc(NC(C)=O)s1)C(=O)NC1=NN=C(c2ccc(Br)cc2)CS1. The van der Waals surface area contributed by atoms with Crippen LogP contribution in [-0.2, 0) is 9.59 Å². The highest BCUT2D eigenvalue weighted by molar-refractivity contribution is 9.10. The Labute approximate surface area is 188 Å². The summed E-state index contributed by atoms with van der Waals surface area (Å²) in [6.07, 6.45) is 0.608. The van der Waals surface area contributed by atoms with Gasteiger partial charge in [0, 0.05) is 17.1 Å². The van der Waals surface area contributed by atoms with Gasteiger partial charge in [0.1, 0.15) is 0 Å². The van der Waals surface area contributed by atoms with E-state index in [1.165, 1.54) is 41.8 Å². The predicted octanol–water partition coefficient (Wildman–Crippen LogP) is 3.75. The van der Waals surface area contributed by atoms with Crippen molar-refractivity contribution < 1.29 is 9.59 Å². The van der Waals surface area contributed by atoms with Crippen LogP contribution in [0.4, 0.5) is 5.13 Å². The van der Waals surface area contributed by atoms with Crippen LogP contribution in [0.2, 0.25) is 0 Å². The second-order valence-electron chi connectivity index (χ2n) is 5.81. The molecule has 2 heterocycles. The third-order valence-corrected chi connectivity index (χ3v) is 7.30. The zero-order valence-corrected chi connectivity index (χ0v) is 19.5. The fraction of sp³-hybridized carbons (Fsp3) is 0.294. The first-order valence-electron chi connectivity index (χ1n) is 8.56. The number of anilines is 1. The summed E-state index contributed by atoms with van der Waals surface area (Å²) in [4.78, 5) is 23.7. The average Bonchev–Trinajstić information content (AvgIpc) is 3.13. The van der Waals surface area contributed by atoms with Gasteiger partial charge in [-0.05, 0) is 24.1 Å². The van der Waals surface area contributed by atoms with Gasteiger partial charge < -0.3 is 10.6 Å². The fourth-order valence-corrected chi connectivity index (χ4v) is 5.23. The molecule has 29 heavy (non-hydrogen) atoms. The Hall–Kier alpha value is -1.76. The highest BCUT2D eigenvalue weighted by Gasteiger charge is 2.23. The first-order chi connectivity index (χ1) is 13.9. The number of amidine groups is 1. The summed E-state index contributed by atoms with van der Waals surface area (Å²) < 4.78 is 1.62. The van der Waals surface area contributed by atoms with Gasteiger partial charge in [0.2, 0.25) is 16.9 Å². The number of halogens is 1. The number of benzene rings is 1. The van der Waals surface area contributed by atoms with Crippen molar-refractivity contribution in [3.8, 4) is 0 Å². The Morgan fingerprint density at radius 1 is 1.21 bits per heavy atom. The quantitative estimate of drug-likeness (QED) is 0.450. The van der Waals surface area contributed by atoms with Gasteiger partial charge in [0.05, 0.1) is 11.0 Å². The largest absolute Gasteiger partial charge is 0.303 e. The monoisotopic (exact) mass is 512 g/mol. The van der Waals surface area contributed by atoms with Crippen molar-refractivity contribution in [3.05, 3.63) is 34.3 Å². The summed E-state index contributed by atoms with van der Waals surface area (Å²) in [6.45, 7) is 3.33. The molecule has 0 bridgehead atoms. The number of amides is 2. The van der Waals surface area contributed by atoms with Crippen LogP contribution in [0.25, 0.3) is 0 Å². The Morgan fingerprint density at radius 2 is 1.97 bits per heavy atom. The number of nitrogens with one attached hydrogen (secondary N) is 2. The third kappa shape index (κ3) is 6.36. The molecule has 0 saturated heterocycles. The molecule has 0 radical (unpaired) electrons.